The van der Waals surface area contributed by atoms with Crippen LogP contribution in [0.25, 0.3) is 0 Å². The maximum Gasteiger partial charge on any atom is 0.253 e. The van der Waals surface area contributed by atoms with Crippen LogP contribution in [0, 0.1) is 5.92 Å². The number of piperidine rings is 1. The summed E-state index contributed by atoms with van der Waals surface area (Å²) in [5.74, 6) is 0.200. The Morgan fingerprint density at radius 3 is 2.32 bits per heavy atom. The highest BCUT2D eigenvalue weighted by atomic mass is 32.2. The van der Waals surface area contributed by atoms with Crippen molar-refractivity contribution in [2.45, 2.75) is 24.6 Å². The molecule has 0 aliphatic carbocycles. The average Bonchev–Trinajstić information content (AvgIpc) is 3.18. The molecule has 0 unspecified atom stereocenters. The zero-order valence-corrected chi connectivity index (χ0v) is 18.2. The van der Waals surface area contributed by atoms with E-state index in [0.717, 1.165) is 12.0 Å². The van der Waals surface area contributed by atoms with Gasteiger partial charge in [0.25, 0.3) is 5.91 Å². The molecule has 2 aliphatic heterocycles. The van der Waals surface area contributed by atoms with Crippen LogP contribution in [-0.4, -0.2) is 52.9 Å². The molecule has 3 amide bonds. The fraction of sp³-hybridized carbons (Fsp3) is 0.375. The molecule has 2 fully saturated rings. The van der Waals surface area contributed by atoms with E-state index in [2.05, 4.69) is 12.1 Å². The summed E-state index contributed by atoms with van der Waals surface area (Å²) in [5, 5.41) is -0.0216. The third-order valence-corrected chi connectivity index (χ3v) is 7.34. The first kappa shape index (κ1) is 21.4. The predicted octanol–water partition coefficient (Wildman–Crippen LogP) is 2.84. The maximum atomic E-state index is 12.8. The number of thioether (sulfide) groups is 1. The summed E-state index contributed by atoms with van der Waals surface area (Å²) in [6.07, 6.45) is 2.06. The standard InChI is InChI=1S/C24H27N3O3S/c25-22(29)18-11-13-26(14-12-18)23(30)19-6-8-20(9-7-19)24-27(21(28)16-31-24)15-10-17-4-2-1-3-5-17/h1-9,18,24H,10-16H2,(H2,25,29)/t24-/m1/s1. The molecule has 2 N–H and O–H groups in total. The lowest BCUT2D eigenvalue weighted by atomic mass is 9.96. The summed E-state index contributed by atoms with van der Waals surface area (Å²) < 4.78 is 0. The first-order valence-electron chi connectivity index (χ1n) is 10.7. The van der Waals surface area contributed by atoms with Crippen LogP contribution >= 0.6 is 11.8 Å². The van der Waals surface area contributed by atoms with E-state index >= 15 is 0 Å². The van der Waals surface area contributed by atoms with Crippen LogP contribution < -0.4 is 5.73 Å². The fourth-order valence-electron chi connectivity index (χ4n) is 4.21. The third kappa shape index (κ3) is 4.93. The molecule has 2 aromatic carbocycles. The van der Waals surface area contributed by atoms with Gasteiger partial charge in [-0.3, -0.25) is 14.4 Å². The van der Waals surface area contributed by atoms with Crippen LogP contribution in [0.3, 0.4) is 0 Å². The van der Waals surface area contributed by atoms with Crippen LogP contribution in [0.2, 0.25) is 0 Å². The second-order valence-electron chi connectivity index (χ2n) is 8.08. The largest absolute Gasteiger partial charge is 0.369 e. The van der Waals surface area contributed by atoms with E-state index in [1.54, 1.807) is 16.7 Å². The van der Waals surface area contributed by atoms with Crippen LogP contribution in [0.15, 0.2) is 54.6 Å². The molecule has 0 bridgehead atoms. The fourth-order valence-corrected chi connectivity index (χ4v) is 5.43. The van der Waals surface area contributed by atoms with Crippen LogP contribution in [0.1, 0.15) is 39.7 Å². The van der Waals surface area contributed by atoms with E-state index in [1.807, 2.05) is 47.4 Å². The number of rotatable bonds is 6. The summed E-state index contributed by atoms with van der Waals surface area (Å²) in [6, 6.07) is 17.8. The summed E-state index contributed by atoms with van der Waals surface area (Å²) in [4.78, 5) is 40.3. The molecule has 2 aliphatic rings. The van der Waals surface area contributed by atoms with Gasteiger partial charge in [-0.05, 0) is 42.5 Å². The summed E-state index contributed by atoms with van der Waals surface area (Å²) >= 11 is 1.63. The monoisotopic (exact) mass is 437 g/mol. The Morgan fingerprint density at radius 1 is 1.00 bits per heavy atom. The van der Waals surface area contributed by atoms with Crippen LogP contribution in [0.5, 0.6) is 0 Å². The first-order chi connectivity index (χ1) is 15.0. The molecule has 31 heavy (non-hydrogen) atoms. The SMILES string of the molecule is NC(=O)C1CCN(C(=O)c2ccc([C@H]3SCC(=O)N3CCc3ccccc3)cc2)CC1. The lowest BCUT2D eigenvalue weighted by Gasteiger charge is -2.30. The molecule has 0 radical (unpaired) electrons. The highest BCUT2D eigenvalue weighted by Crippen LogP contribution is 2.38. The number of carbonyl (C=O) groups is 3. The zero-order valence-electron chi connectivity index (χ0n) is 17.4. The number of hydrogen-bond donors (Lipinski definition) is 1. The van der Waals surface area contributed by atoms with Gasteiger partial charge >= 0.3 is 0 Å². The molecule has 2 aromatic rings. The lowest BCUT2D eigenvalue weighted by molar-refractivity contribution is -0.128. The van der Waals surface area contributed by atoms with Gasteiger partial charge in [0.1, 0.15) is 5.37 Å². The van der Waals surface area contributed by atoms with E-state index in [0.29, 0.717) is 43.8 Å². The Labute approximate surface area is 186 Å². The number of hydrogen-bond acceptors (Lipinski definition) is 4. The van der Waals surface area contributed by atoms with E-state index in [9.17, 15) is 14.4 Å². The van der Waals surface area contributed by atoms with Crippen molar-refractivity contribution in [2.24, 2.45) is 11.7 Å². The molecular formula is C24H27N3O3S. The number of benzene rings is 2. The van der Waals surface area contributed by atoms with Crippen molar-refractivity contribution in [1.82, 2.24) is 9.80 Å². The van der Waals surface area contributed by atoms with Crippen LogP contribution in [-0.2, 0) is 16.0 Å². The van der Waals surface area contributed by atoms with Crippen molar-refractivity contribution >= 4 is 29.5 Å². The van der Waals surface area contributed by atoms with Gasteiger partial charge in [-0.1, -0.05) is 42.5 Å². The minimum Gasteiger partial charge on any atom is -0.369 e. The normalized spacial score (nSPS) is 19.6. The molecule has 2 heterocycles. The summed E-state index contributed by atoms with van der Waals surface area (Å²) in [6.45, 7) is 1.78. The second-order valence-corrected chi connectivity index (χ2v) is 9.15. The Morgan fingerprint density at radius 2 is 1.68 bits per heavy atom. The summed E-state index contributed by atoms with van der Waals surface area (Å²) in [5.41, 5.74) is 8.26. The molecule has 6 nitrogen and oxygen atoms in total. The Hall–Kier alpha value is -2.80. The average molecular weight is 438 g/mol. The molecule has 7 heteroatoms. The Kier molecular flexibility index (Phi) is 6.61. The Balaban J connectivity index is 1.39. The molecule has 0 aromatic heterocycles. The minimum absolute atomic E-state index is 0.0216. The maximum absolute atomic E-state index is 12.8. The number of amides is 3. The van der Waals surface area contributed by atoms with E-state index in [4.69, 9.17) is 5.73 Å². The lowest BCUT2D eigenvalue weighted by Crippen LogP contribution is -2.41. The number of nitrogens with zero attached hydrogens (tertiary/aromatic N) is 2. The van der Waals surface area contributed by atoms with E-state index < -0.39 is 0 Å². The van der Waals surface area contributed by atoms with Gasteiger partial charge in [-0.25, -0.2) is 0 Å². The summed E-state index contributed by atoms with van der Waals surface area (Å²) in [7, 11) is 0. The predicted molar refractivity (Wildman–Crippen MR) is 121 cm³/mol. The topological polar surface area (TPSA) is 83.7 Å². The molecule has 4 rings (SSSR count). The van der Waals surface area contributed by atoms with Gasteiger partial charge in [-0.2, -0.15) is 0 Å². The van der Waals surface area contributed by atoms with E-state index in [-0.39, 0.29) is 29.0 Å². The van der Waals surface area contributed by atoms with Gasteiger partial charge < -0.3 is 15.5 Å². The quantitative estimate of drug-likeness (QED) is 0.753. The molecule has 0 spiro atoms. The molecule has 162 valence electrons. The van der Waals surface area contributed by atoms with Crippen molar-refractivity contribution in [3.8, 4) is 0 Å². The number of likely N-dealkylation sites (tertiary alicyclic amines) is 1. The Bertz CT molecular complexity index is 940. The first-order valence-corrected chi connectivity index (χ1v) is 11.7. The number of nitrogens with two attached hydrogens (primary N) is 1. The molecule has 2 saturated heterocycles. The van der Waals surface area contributed by atoms with Crippen molar-refractivity contribution in [3.05, 3.63) is 71.3 Å². The minimum atomic E-state index is -0.281. The van der Waals surface area contributed by atoms with Gasteiger partial charge in [0.15, 0.2) is 0 Å². The van der Waals surface area contributed by atoms with Gasteiger partial charge in [0.2, 0.25) is 11.8 Å². The third-order valence-electron chi connectivity index (χ3n) is 6.08. The second kappa shape index (κ2) is 9.56. The number of primary amides is 1. The van der Waals surface area contributed by atoms with Crippen LogP contribution in [0.4, 0.5) is 0 Å². The van der Waals surface area contributed by atoms with Crippen molar-refractivity contribution in [3.63, 3.8) is 0 Å². The van der Waals surface area contributed by atoms with Gasteiger partial charge in [0, 0.05) is 31.1 Å². The highest BCUT2D eigenvalue weighted by molar-refractivity contribution is 8.00. The van der Waals surface area contributed by atoms with Crippen molar-refractivity contribution in [2.75, 3.05) is 25.4 Å². The van der Waals surface area contributed by atoms with E-state index in [1.165, 1.54) is 5.56 Å². The smallest absolute Gasteiger partial charge is 0.253 e. The molecule has 0 saturated carbocycles. The zero-order chi connectivity index (χ0) is 21.8. The van der Waals surface area contributed by atoms with Crippen molar-refractivity contribution in [1.29, 1.82) is 0 Å². The number of carbonyl (C=O) groups excluding carboxylic acids is 3. The van der Waals surface area contributed by atoms with Gasteiger partial charge in [0.05, 0.1) is 5.75 Å². The molecular weight excluding hydrogens is 410 g/mol. The van der Waals surface area contributed by atoms with Gasteiger partial charge in [-0.15, -0.1) is 11.8 Å². The molecule has 1 atom stereocenters. The highest BCUT2D eigenvalue weighted by Gasteiger charge is 2.33. The van der Waals surface area contributed by atoms with Crippen molar-refractivity contribution < 1.29 is 14.4 Å².